The highest BCUT2D eigenvalue weighted by Crippen LogP contribution is 2.44. The summed E-state index contributed by atoms with van der Waals surface area (Å²) in [7, 11) is 0. The second-order valence-electron chi connectivity index (χ2n) is 13.1. The summed E-state index contributed by atoms with van der Waals surface area (Å²) in [6.45, 7) is 0. The molecule has 52 heavy (non-hydrogen) atoms. The van der Waals surface area contributed by atoms with Crippen LogP contribution in [-0.4, -0.2) is 24.5 Å². The van der Waals surface area contributed by atoms with E-state index in [9.17, 15) is 0 Å². The monoisotopic (exact) mass is 681 g/mol. The first kappa shape index (κ1) is 29.0. The molecule has 7 aromatic carbocycles. The van der Waals surface area contributed by atoms with E-state index in [1.54, 1.807) is 11.3 Å². The van der Waals surface area contributed by atoms with Crippen molar-refractivity contribution in [2.24, 2.45) is 0 Å². The molecule has 0 atom stereocenters. The first-order valence-corrected chi connectivity index (χ1v) is 18.1. The maximum absolute atomic E-state index is 5.26. The highest BCUT2D eigenvalue weighted by Gasteiger charge is 2.21. The Morgan fingerprint density at radius 2 is 1.06 bits per heavy atom. The largest absolute Gasteiger partial charge is 0.292 e. The van der Waals surface area contributed by atoms with Crippen LogP contribution in [0.1, 0.15) is 0 Å². The lowest BCUT2D eigenvalue weighted by Gasteiger charge is -2.11. The summed E-state index contributed by atoms with van der Waals surface area (Å²) in [6, 6.07) is 55.3. The fraction of sp³-hybridized carbons (Fsp3) is 0. The molecule has 11 aromatic rings. The molecule has 0 saturated carbocycles. The second kappa shape index (κ2) is 11.4. The van der Waals surface area contributed by atoms with Crippen LogP contribution < -0.4 is 0 Å². The first-order chi connectivity index (χ1) is 25.8. The molecule has 0 bridgehead atoms. The van der Waals surface area contributed by atoms with Crippen LogP contribution in [0.2, 0.25) is 0 Å². The lowest BCUT2D eigenvalue weighted by molar-refractivity contribution is 1.08. The van der Waals surface area contributed by atoms with Crippen molar-refractivity contribution in [2.75, 3.05) is 0 Å². The summed E-state index contributed by atoms with van der Waals surface area (Å²) in [6.07, 6.45) is 1.88. The molecule has 0 unspecified atom stereocenters. The molecule has 0 N–H and O–H groups in total. The minimum absolute atomic E-state index is 0.647. The maximum atomic E-state index is 5.26. The van der Waals surface area contributed by atoms with E-state index in [-0.39, 0.29) is 0 Å². The molecule has 0 radical (unpaired) electrons. The smallest absolute Gasteiger partial charge is 0.165 e. The summed E-state index contributed by atoms with van der Waals surface area (Å²) >= 11 is 1.78. The molecular formula is C46H27N5S. The van der Waals surface area contributed by atoms with Crippen LogP contribution in [0.15, 0.2) is 164 Å². The Morgan fingerprint density at radius 1 is 0.423 bits per heavy atom. The number of thiophene rings is 1. The van der Waals surface area contributed by atoms with Crippen molar-refractivity contribution in [3.05, 3.63) is 164 Å². The van der Waals surface area contributed by atoms with Gasteiger partial charge >= 0.3 is 0 Å². The highest BCUT2D eigenvalue weighted by molar-refractivity contribution is 7.26. The zero-order chi connectivity index (χ0) is 34.2. The topological polar surface area (TPSA) is 56.5 Å². The lowest BCUT2D eigenvalue weighted by Crippen LogP contribution is -2.00. The van der Waals surface area contributed by atoms with Gasteiger partial charge in [0.05, 0.1) is 15.9 Å². The number of hydrogen-bond acceptors (Lipinski definition) is 5. The highest BCUT2D eigenvalue weighted by atomic mass is 32.1. The zero-order valence-corrected chi connectivity index (χ0v) is 28.5. The van der Waals surface area contributed by atoms with Crippen molar-refractivity contribution in [3.8, 4) is 39.9 Å². The molecule has 6 heteroatoms. The van der Waals surface area contributed by atoms with Crippen molar-refractivity contribution in [1.82, 2.24) is 24.5 Å². The molecule has 0 fully saturated rings. The molecule has 0 spiro atoms. The van der Waals surface area contributed by atoms with E-state index in [0.717, 1.165) is 59.8 Å². The summed E-state index contributed by atoms with van der Waals surface area (Å²) in [5, 5.41) is 9.28. The van der Waals surface area contributed by atoms with Crippen LogP contribution in [0.4, 0.5) is 0 Å². The minimum atomic E-state index is 0.647. The van der Waals surface area contributed by atoms with Crippen LogP contribution >= 0.6 is 11.3 Å². The van der Waals surface area contributed by atoms with E-state index in [0.29, 0.717) is 17.5 Å². The summed E-state index contributed by atoms with van der Waals surface area (Å²) in [5.41, 5.74) is 6.11. The van der Waals surface area contributed by atoms with Crippen LogP contribution in [0.25, 0.3) is 104 Å². The fourth-order valence-electron chi connectivity index (χ4n) is 7.69. The lowest BCUT2D eigenvalue weighted by atomic mass is 10.0. The van der Waals surface area contributed by atoms with Crippen LogP contribution in [0.3, 0.4) is 0 Å². The number of benzene rings is 7. The molecule has 242 valence electrons. The molecule has 0 aliphatic carbocycles. The summed E-state index contributed by atoms with van der Waals surface area (Å²) < 4.78 is 4.64. The Bertz CT molecular complexity index is 3150. The molecule has 4 heterocycles. The van der Waals surface area contributed by atoms with Crippen LogP contribution in [0.5, 0.6) is 0 Å². The van der Waals surface area contributed by atoms with E-state index in [1.807, 2.05) is 12.3 Å². The Hall–Kier alpha value is -6.76. The number of hydrogen-bond donors (Lipinski definition) is 0. The van der Waals surface area contributed by atoms with Gasteiger partial charge < -0.3 is 0 Å². The Morgan fingerprint density at radius 3 is 1.96 bits per heavy atom. The van der Waals surface area contributed by atoms with E-state index < -0.39 is 0 Å². The maximum Gasteiger partial charge on any atom is 0.165 e. The van der Waals surface area contributed by atoms with Gasteiger partial charge in [0.2, 0.25) is 0 Å². The standard InChI is InChI=1S/C46H27N5S/c1-2-13-30-27-31(25-24-28(30)11-1)43-48-44(36-19-7-14-29-12-3-4-15-32(29)36)50-45(49-43)38-20-8-17-34-35-18-9-23-40(42(35)52-41(34)38)51-39-22-6-5-16-33(39)37-21-10-26-47-46(37)51/h1-27H. The summed E-state index contributed by atoms with van der Waals surface area (Å²) in [5.74, 6) is 1.95. The number of fused-ring (bicyclic) bond motifs is 8. The predicted molar refractivity (Wildman–Crippen MR) is 216 cm³/mol. The van der Waals surface area contributed by atoms with Crippen molar-refractivity contribution in [3.63, 3.8) is 0 Å². The number of aromatic nitrogens is 5. The van der Waals surface area contributed by atoms with Gasteiger partial charge in [-0.05, 0) is 57.9 Å². The van der Waals surface area contributed by atoms with Gasteiger partial charge in [-0.1, -0.05) is 121 Å². The van der Waals surface area contributed by atoms with Gasteiger partial charge in [-0.3, -0.25) is 4.57 Å². The second-order valence-corrected chi connectivity index (χ2v) is 14.1. The summed E-state index contributed by atoms with van der Waals surface area (Å²) in [4.78, 5) is 20.5. The van der Waals surface area contributed by atoms with Crippen molar-refractivity contribution in [1.29, 1.82) is 0 Å². The zero-order valence-electron chi connectivity index (χ0n) is 27.7. The third-order valence-corrected chi connectivity index (χ3v) is 11.4. The molecule has 5 nitrogen and oxygen atoms in total. The van der Waals surface area contributed by atoms with Gasteiger partial charge in [0.15, 0.2) is 17.5 Å². The number of pyridine rings is 1. The van der Waals surface area contributed by atoms with Gasteiger partial charge in [-0.2, -0.15) is 0 Å². The Labute approximate surface area is 302 Å². The average molecular weight is 682 g/mol. The van der Waals surface area contributed by atoms with Gasteiger partial charge in [-0.25, -0.2) is 19.9 Å². The predicted octanol–water partition coefficient (Wildman–Crippen LogP) is 12.0. The van der Waals surface area contributed by atoms with Crippen molar-refractivity contribution >= 4 is 75.0 Å². The Balaban J connectivity index is 1.18. The quantitative estimate of drug-likeness (QED) is 0.185. The SMILES string of the molecule is c1ccc2cc(-c3nc(-c4cccc5ccccc45)nc(-c4cccc5c4sc4c(-n6c7ccccc7c7cccnc76)cccc45)n3)ccc2c1. The first-order valence-electron chi connectivity index (χ1n) is 17.3. The van der Waals surface area contributed by atoms with Crippen LogP contribution in [0, 0.1) is 0 Å². The van der Waals surface area contributed by atoms with E-state index in [2.05, 4.69) is 156 Å². The van der Waals surface area contributed by atoms with Crippen molar-refractivity contribution in [2.45, 2.75) is 0 Å². The number of rotatable bonds is 4. The van der Waals surface area contributed by atoms with E-state index in [4.69, 9.17) is 19.9 Å². The van der Waals surface area contributed by atoms with Crippen molar-refractivity contribution < 1.29 is 0 Å². The fourth-order valence-corrected chi connectivity index (χ4v) is 9.01. The average Bonchev–Trinajstić information content (AvgIpc) is 3.76. The van der Waals surface area contributed by atoms with Gasteiger partial charge in [0, 0.05) is 49.1 Å². The van der Waals surface area contributed by atoms with E-state index in [1.165, 1.54) is 26.2 Å². The number of para-hydroxylation sites is 1. The normalized spacial score (nSPS) is 11.8. The van der Waals surface area contributed by atoms with Crippen LogP contribution in [-0.2, 0) is 0 Å². The third-order valence-electron chi connectivity index (χ3n) is 10.1. The van der Waals surface area contributed by atoms with Gasteiger partial charge in [0.25, 0.3) is 0 Å². The Kier molecular flexibility index (Phi) is 6.35. The molecule has 0 aliphatic heterocycles. The molecule has 0 amide bonds. The molecular weight excluding hydrogens is 655 g/mol. The molecule has 0 aliphatic rings. The number of nitrogens with zero attached hydrogens (tertiary/aromatic N) is 5. The van der Waals surface area contributed by atoms with Gasteiger partial charge in [-0.15, -0.1) is 11.3 Å². The van der Waals surface area contributed by atoms with Gasteiger partial charge in [0.1, 0.15) is 5.65 Å². The third kappa shape index (κ3) is 4.41. The minimum Gasteiger partial charge on any atom is -0.292 e. The van der Waals surface area contributed by atoms with E-state index >= 15 is 0 Å². The molecule has 0 saturated heterocycles. The molecule has 11 rings (SSSR count). The molecule has 4 aromatic heterocycles.